The van der Waals surface area contributed by atoms with E-state index >= 15 is 0 Å². The molecule has 1 nitrogen and oxygen atoms in total. The van der Waals surface area contributed by atoms with E-state index in [4.69, 9.17) is 0 Å². The Morgan fingerprint density at radius 3 is 2.29 bits per heavy atom. The third-order valence-corrected chi connectivity index (χ3v) is 4.42. The van der Waals surface area contributed by atoms with Crippen LogP contribution in [0.3, 0.4) is 0 Å². The van der Waals surface area contributed by atoms with E-state index in [-0.39, 0.29) is 6.04 Å². The molecule has 0 aliphatic rings. The number of hydrogen-bond donors (Lipinski definition) is 1. The number of rotatable bonds is 6. The van der Waals surface area contributed by atoms with Crippen LogP contribution in [0.15, 0.2) is 51.4 Å². The summed E-state index contributed by atoms with van der Waals surface area (Å²) in [5.74, 6) is 0. The summed E-state index contributed by atoms with van der Waals surface area (Å²) in [6.07, 6.45) is 2.19. The molecule has 1 unspecified atom stereocenters. The Bertz CT molecular complexity index is 575. The van der Waals surface area contributed by atoms with Crippen molar-refractivity contribution in [2.45, 2.75) is 32.7 Å². The van der Waals surface area contributed by atoms with Crippen molar-refractivity contribution in [3.8, 4) is 0 Å². The van der Waals surface area contributed by atoms with Crippen LogP contribution in [-0.4, -0.2) is 6.54 Å². The van der Waals surface area contributed by atoms with E-state index < -0.39 is 0 Å². The Morgan fingerprint density at radius 1 is 0.952 bits per heavy atom. The van der Waals surface area contributed by atoms with Gasteiger partial charge in [-0.1, -0.05) is 70.0 Å². The minimum absolute atomic E-state index is 0.227. The molecule has 21 heavy (non-hydrogen) atoms. The zero-order valence-electron chi connectivity index (χ0n) is 12.5. The maximum Gasteiger partial charge on any atom is 0.0577 e. The fourth-order valence-corrected chi connectivity index (χ4v) is 3.78. The molecule has 1 N–H and O–H groups in total. The van der Waals surface area contributed by atoms with Gasteiger partial charge in [0.2, 0.25) is 0 Å². The average Bonchev–Trinajstić information content (AvgIpc) is 2.47. The highest BCUT2D eigenvalue weighted by Crippen LogP contribution is 2.28. The summed E-state index contributed by atoms with van der Waals surface area (Å²) >= 11 is 7.18. The van der Waals surface area contributed by atoms with Gasteiger partial charge in [-0.15, -0.1) is 0 Å². The SMILES string of the molecule is CCCNC(c1cc(Br)cc(Br)c1)c1cccc(CC)c1. The van der Waals surface area contributed by atoms with E-state index in [0.717, 1.165) is 28.3 Å². The second kappa shape index (κ2) is 8.11. The molecule has 0 aromatic heterocycles. The number of nitrogens with one attached hydrogen (secondary N) is 1. The third-order valence-electron chi connectivity index (χ3n) is 3.51. The smallest absolute Gasteiger partial charge is 0.0577 e. The van der Waals surface area contributed by atoms with Crippen LogP contribution in [-0.2, 0) is 6.42 Å². The lowest BCUT2D eigenvalue weighted by atomic mass is 9.96. The molecule has 0 aliphatic heterocycles. The fraction of sp³-hybridized carbons (Fsp3) is 0.333. The van der Waals surface area contributed by atoms with Crippen LogP contribution in [0.25, 0.3) is 0 Å². The lowest BCUT2D eigenvalue weighted by molar-refractivity contribution is 0.597. The van der Waals surface area contributed by atoms with Gasteiger partial charge in [-0.25, -0.2) is 0 Å². The molecule has 0 amide bonds. The van der Waals surface area contributed by atoms with Crippen LogP contribution in [0.5, 0.6) is 0 Å². The van der Waals surface area contributed by atoms with Gasteiger partial charge in [-0.05, 0) is 54.3 Å². The molecule has 112 valence electrons. The molecule has 0 saturated carbocycles. The van der Waals surface area contributed by atoms with Gasteiger partial charge in [0, 0.05) is 8.95 Å². The molecule has 1 atom stereocenters. The minimum Gasteiger partial charge on any atom is -0.306 e. The predicted molar refractivity (Wildman–Crippen MR) is 97.8 cm³/mol. The standard InChI is InChI=1S/C18H21Br2N/c1-3-8-21-18(14-7-5-6-13(4-2)9-14)15-10-16(19)12-17(20)11-15/h5-7,9-12,18,21H,3-4,8H2,1-2H3. The first-order valence-corrected chi connectivity index (χ1v) is 9.00. The van der Waals surface area contributed by atoms with Crippen molar-refractivity contribution >= 4 is 31.9 Å². The van der Waals surface area contributed by atoms with Crippen molar-refractivity contribution in [2.75, 3.05) is 6.54 Å². The van der Waals surface area contributed by atoms with E-state index in [2.05, 4.69) is 93.5 Å². The van der Waals surface area contributed by atoms with Gasteiger partial charge in [0.05, 0.1) is 6.04 Å². The van der Waals surface area contributed by atoms with Crippen LogP contribution in [0, 0.1) is 0 Å². The summed E-state index contributed by atoms with van der Waals surface area (Å²) in [5, 5.41) is 3.67. The topological polar surface area (TPSA) is 12.0 Å². The maximum atomic E-state index is 3.67. The van der Waals surface area contributed by atoms with Gasteiger partial charge >= 0.3 is 0 Å². The van der Waals surface area contributed by atoms with Crippen LogP contribution < -0.4 is 5.32 Å². The Balaban J connectivity index is 2.41. The molecule has 0 aliphatic carbocycles. The normalized spacial score (nSPS) is 12.4. The van der Waals surface area contributed by atoms with Gasteiger partial charge in [0.1, 0.15) is 0 Å². The maximum absolute atomic E-state index is 3.67. The third kappa shape index (κ3) is 4.67. The first kappa shape index (κ1) is 16.7. The molecule has 0 bridgehead atoms. The number of hydrogen-bond acceptors (Lipinski definition) is 1. The average molecular weight is 411 g/mol. The van der Waals surface area contributed by atoms with Gasteiger partial charge in [0.15, 0.2) is 0 Å². The van der Waals surface area contributed by atoms with E-state index in [1.54, 1.807) is 0 Å². The fourth-order valence-electron chi connectivity index (χ4n) is 2.45. The summed E-state index contributed by atoms with van der Waals surface area (Å²) in [5.41, 5.74) is 3.98. The summed E-state index contributed by atoms with van der Waals surface area (Å²) < 4.78 is 2.20. The Kier molecular flexibility index (Phi) is 6.46. The first-order chi connectivity index (χ1) is 10.1. The largest absolute Gasteiger partial charge is 0.306 e. The van der Waals surface area contributed by atoms with Gasteiger partial charge in [-0.2, -0.15) is 0 Å². The van der Waals surface area contributed by atoms with Crippen LogP contribution in [0.1, 0.15) is 43.0 Å². The molecular weight excluding hydrogens is 390 g/mol. The van der Waals surface area contributed by atoms with Crippen molar-refractivity contribution in [1.82, 2.24) is 5.32 Å². The van der Waals surface area contributed by atoms with Crippen LogP contribution in [0.4, 0.5) is 0 Å². The van der Waals surface area contributed by atoms with E-state index in [1.807, 2.05) is 0 Å². The highest BCUT2D eigenvalue weighted by molar-refractivity contribution is 9.11. The lowest BCUT2D eigenvalue weighted by Crippen LogP contribution is -2.23. The van der Waals surface area contributed by atoms with Crippen LogP contribution in [0.2, 0.25) is 0 Å². The molecule has 3 heteroatoms. The van der Waals surface area contributed by atoms with Crippen LogP contribution >= 0.6 is 31.9 Å². The van der Waals surface area contributed by atoms with Gasteiger partial charge in [0.25, 0.3) is 0 Å². The second-order valence-corrected chi connectivity index (χ2v) is 7.02. The monoisotopic (exact) mass is 409 g/mol. The van der Waals surface area contributed by atoms with E-state index in [9.17, 15) is 0 Å². The van der Waals surface area contributed by atoms with E-state index in [0.29, 0.717) is 0 Å². The van der Waals surface area contributed by atoms with Gasteiger partial charge in [-0.3, -0.25) is 0 Å². The summed E-state index contributed by atoms with van der Waals surface area (Å²) in [6.45, 7) is 5.40. The quantitative estimate of drug-likeness (QED) is 0.628. The minimum atomic E-state index is 0.227. The Hall–Kier alpha value is -0.640. The first-order valence-electron chi connectivity index (χ1n) is 7.42. The molecular formula is C18H21Br2N. The number of halogens is 2. The number of benzene rings is 2. The summed E-state index contributed by atoms with van der Waals surface area (Å²) in [4.78, 5) is 0. The molecule has 0 saturated heterocycles. The van der Waals surface area contributed by atoms with Crippen molar-refractivity contribution < 1.29 is 0 Å². The second-order valence-electron chi connectivity index (χ2n) is 5.19. The lowest BCUT2D eigenvalue weighted by Gasteiger charge is -2.21. The molecule has 0 heterocycles. The molecule has 0 radical (unpaired) electrons. The van der Waals surface area contributed by atoms with E-state index in [1.165, 1.54) is 16.7 Å². The molecule has 2 aromatic rings. The van der Waals surface area contributed by atoms with Crippen molar-refractivity contribution in [3.63, 3.8) is 0 Å². The van der Waals surface area contributed by atoms with Crippen molar-refractivity contribution in [3.05, 3.63) is 68.1 Å². The highest BCUT2D eigenvalue weighted by Gasteiger charge is 2.14. The molecule has 2 rings (SSSR count). The molecule has 2 aromatic carbocycles. The Labute approximate surface area is 144 Å². The molecule has 0 fully saturated rings. The highest BCUT2D eigenvalue weighted by atomic mass is 79.9. The van der Waals surface area contributed by atoms with Gasteiger partial charge < -0.3 is 5.32 Å². The predicted octanol–water partition coefficient (Wildman–Crippen LogP) is 5.86. The summed E-state index contributed by atoms with van der Waals surface area (Å²) in [7, 11) is 0. The van der Waals surface area contributed by atoms with Crippen molar-refractivity contribution in [1.29, 1.82) is 0 Å². The zero-order valence-corrected chi connectivity index (χ0v) is 15.7. The summed E-state index contributed by atoms with van der Waals surface area (Å²) in [6, 6.07) is 15.5. The zero-order chi connectivity index (χ0) is 15.2. The van der Waals surface area contributed by atoms with Crippen molar-refractivity contribution in [2.24, 2.45) is 0 Å². The number of aryl methyl sites for hydroxylation is 1. The Morgan fingerprint density at radius 2 is 1.67 bits per heavy atom. The molecule has 0 spiro atoms.